The van der Waals surface area contributed by atoms with Crippen LogP contribution in [0.1, 0.15) is 36.2 Å². The highest BCUT2D eigenvalue weighted by Crippen LogP contribution is 2.33. The van der Waals surface area contributed by atoms with Gasteiger partial charge in [-0.3, -0.25) is 9.59 Å². The molecule has 102 valence electrons. The van der Waals surface area contributed by atoms with E-state index in [0.717, 1.165) is 5.56 Å². The Labute approximate surface area is 112 Å². The van der Waals surface area contributed by atoms with Crippen LogP contribution in [0.15, 0.2) is 12.1 Å². The Morgan fingerprint density at radius 2 is 1.74 bits per heavy atom. The van der Waals surface area contributed by atoms with Gasteiger partial charge in [0.25, 0.3) is 0 Å². The van der Waals surface area contributed by atoms with E-state index in [9.17, 15) is 9.59 Å². The van der Waals surface area contributed by atoms with Crippen molar-refractivity contribution in [1.29, 1.82) is 0 Å². The molecule has 0 amide bonds. The molecule has 2 rings (SSSR count). The molecule has 1 aliphatic heterocycles. The standard InChI is InChI=1S/C15H18O4/c1-9(2)6-12(16)15(17)11-8-14-13(7-10(11)3)18-4-5-19-14/h7-9H,4-6H2,1-3H3. The van der Waals surface area contributed by atoms with Gasteiger partial charge in [-0.2, -0.15) is 0 Å². The maximum Gasteiger partial charge on any atom is 0.228 e. The molecular formula is C15H18O4. The summed E-state index contributed by atoms with van der Waals surface area (Å²) in [5.74, 6) is 0.557. The second-order valence-corrected chi connectivity index (χ2v) is 5.16. The lowest BCUT2D eigenvalue weighted by molar-refractivity contribution is -0.115. The van der Waals surface area contributed by atoms with Crippen molar-refractivity contribution in [3.05, 3.63) is 23.3 Å². The van der Waals surface area contributed by atoms with Crippen LogP contribution in [0, 0.1) is 12.8 Å². The summed E-state index contributed by atoms with van der Waals surface area (Å²) in [6, 6.07) is 3.37. The fraction of sp³-hybridized carbons (Fsp3) is 0.467. The van der Waals surface area contributed by atoms with Crippen LogP contribution in [0.4, 0.5) is 0 Å². The van der Waals surface area contributed by atoms with Gasteiger partial charge in [0, 0.05) is 12.0 Å². The molecule has 0 saturated carbocycles. The fourth-order valence-electron chi connectivity index (χ4n) is 2.05. The smallest absolute Gasteiger partial charge is 0.228 e. The quantitative estimate of drug-likeness (QED) is 0.618. The molecule has 4 heteroatoms. The van der Waals surface area contributed by atoms with Crippen molar-refractivity contribution >= 4 is 11.6 Å². The molecule has 1 aliphatic rings. The number of carbonyl (C=O) groups is 2. The molecular weight excluding hydrogens is 244 g/mol. The number of benzene rings is 1. The monoisotopic (exact) mass is 262 g/mol. The normalized spacial score (nSPS) is 13.5. The number of fused-ring (bicyclic) bond motifs is 1. The number of hydrogen-bond donors (Lipinski definition) is 0. The van der Waals surface area contributed by atoms with Crippen LogP contribution in [0.25, 0.3) is 0 Å². The maximum absolute atomic E-state index is 12.1. The lowest BCUT2D eigenvalue weighted by Crippen LogP contribution is -2.19. The average Bonchev–Trinajstić information content (AvgIpc) is 2.36. The Hall–Kier alpha value is -1.84. The molecule has 0 spiro atoms. The van der Waals surface area contributed by atoms with Crippen molar-refractivity contribution < 1.29 is 19.1 Å². The molecule has 0 bridgehead atoms. The van der Waals surface area contributed by atoms with Gasteiger partial charge in [-0.25, -0.2) is 0 Å². The largest absolute Gasteiger partial charge is 0.486 e. The fourth-order valence-corrected chi connectivity index (χ4v) is 2.05. The van der Waals surface area contributed by atoms with Crippen molar-refractivity contribution in [3.63, 3.8) is 0 Å². The zero-order valence-corrected chi connectivity index (χ0v) is 11.5. The zero-order chi connectivity index (χ0) is 14.0. The molecule has 0 unspecified atom stereocenters. The average molecular weight is 262 g/mol. The molecule has 19 heavy (non-hydrogen) atoms. The number of hydrogen-bond acceptors (Lipinski definition) is 4. The van der Waals surface area contributed by atoms with Crippen molar-refractivity contribution in [2.24, 2.45) is 5.92 Å². The second-order valence-electron chi connectivity index (χ2n) is 5.16. The van der Waals surface area contributed by atoms with Gasteiger partial charge < -0.3 is 9.47 Å². The van der Waals surface area contributed by atoms with Gasteiger partial charge in [0.1, 0.15) is 13.2 Å². The van der Waals surface area contributed by atoms with Crippen LogP contribution < -0.4 is 9.47 Å². The summed E-state index contributed by atoms with van der Waals surface area (Å²) in [6.45, 7) is 6.60. The number of ketones is 2. The molecule has 1 heterocycles. The van der Waals surface area contributed by atoms with Crippen LogP contribution in [0.5, 0.6) is 11.5 Å². The minimum Gasteiger partial charge on any atom is -0.486 e. The van der Waals surface area contributed by atoms with E-state index in [2.05, 4.69) is 0 Å². The summed E-state index contributed by atoms with van der Waals surface area (Å²) >= 11 is 0. The summed E-state index contributed by atoms with van der Waals surface area (Å²) < 4.78 is 10.9. The van der Waals surface area contributed by atoms with E-state index in [1.165, 1.54) is 0 Å². The molecule has 0 aliphatic carbocycles. The van der Waals surface area contributed by atoms with Crippen LogP contribution >= 0.6 is 0 Å². The first-order chi connectivity index (χ1) is 8.99. The molecule has 0 atom stereocenters. The minimum atomic E-state index is -0.442. The highest BCUT2D eigenvalue weighted by Gasteiger charge is 2.22. The molecule has 1 aromatic rings. The Balaban J connectivity index is 2.29. The number of ether oxygens (including phenoxy) is 2. The number of aryl methyl sites for hydroxylation is 1. The van der Waals surface area contributed by atoms with Gasteiger partial charge in [0.05, 0.1) is 0 Å². The third-order valence-electron chi connectivity index (χ3n) is 2.98. The maximum atomic E-state index is 12.1. The van der Waals surface area contributed by atoms with Gasteiger partial charge in [0.15, 0.2) is 11.5 Å². The van der Waals surface area contributed by atoms with Crippen LogP contribution in [-0.4, -0.2) is 24.8 Å². The molecule has 4 nitrogen and oxygen atoms in total. The second kappa shape index (κ2) is 5.43. The van der Waals surface area contributed by atoms with E-state index >= 15 is 0 Å². The van der Waals surface area contributed by atoms with Gasteiger partial charge >= 0.3 is 0 Å². The first-order valence-corrected chi connectivity index (χ1v) is 6.47. The van der Waals surface area contributed by atoms with Crippen LogP contribution in [0.3, 0.4) is 0 Å². The van der Waals surface area contributed by atoms with Gasteiger partial charge in [0.2, 0.25) is 11.6 Å². The van der Waals surface area contributed by atoms with E-state index in [4.69, 9.17) is 9.47 Å². The summed E-state index contributed by atoms with van der Waals surface area (Å²) in [5, 5.41) is 0. The van der Waals surface area contributed by atoms with Gasteiger partial charge in [-0.1, -0.05) is 13.8 Å². The summed E-state index contributed by atoms with van der Waals surface area (Å²) in [5.41, 5.74) is 1.15. The SMILES string of the molecule is Cc1cc2c(cc1C(=O)C(=O)CC(C)C)OCCO2. The Bertz CT molecular complexity index is 517. The Kier molecular flexibility index (Phi) is 3.88. The number of carbonyl (C=O) groups excluding carboxylic acids is 2. The highest BCUT2D eigenvalue weighted by molar-refractivity contribution is 6.44. The van der Waals surface area contributed by atoms with Crippen molar-refractivity contribution in [2.75, 3.05) is 13.2 Å². The first-order valence-electron chi connectivity index (χ1n) is 6.47. The highest BCUT2D eigenvalue weighted by atomic mass is 16.6. The molecule has 0 fully saturated rings. The lowest BCUT2D eigenvalue weighted by atomic mass is 9.96. The first kappa shape index (κ1) is 13.6. The van der Waals surface area contributed by atoms with E-state index in [1.807, 2.05) is 13.8 Å². The summed E-state index contributed by atoms with van der Waals surface area (Å²) in [7, 11) is 0. The Morgan fingerprint density at radius 3 is 2.32 bits per heavy atom. The lowest BCUT2D eigenvalue weighted by Gasteiger charge is -2.20. The van der Waals surface area contributed by atoms with Crippen molar-refractivity contribution in [3.8, 4) is 11.5 Å². The molecule has 0 saturated heterocycles. The molecule has 0 aromatic heterocycles. The summed E-state index contributed by atoms with van der Waals surface area (Å²) in [4.78, 5) is 24.0. The predicted molar refractivity (Wildman–Crippen MR) is 71.0 cm³/mol. The number of Topliss-reactive ketones (excluding diaryl/α,β-unsaturated/α-hetero) is 2. The van der Waals surface area contributed by atoms with E-state index in [1.54, 1.807) is 19.1 Å². The molecule has 1 aromatic carbocycles. The third kappa shape index (κ3) is 2.95. The van der Waals surface area contributed by atoms with E-state index < -0.39 is 5.78 Å². The van der Waals surface area contributed by atoms with Crippen molar-refractivity contribution in [2.45, 2.75) is 27.2 Å². The topological polar surface area (TPSA) is 52.6 Å². The van der Waals surface area contributed by atoms with Crippen LogP contribution in [-0.2, 0) is 4.79 Å². The van der Waals surface area contributed by atoms with Gasteiger partial charge in [-0.15, -0.1) is 0 Å². The Morgan fingerprint density at radius 1 is 1.16 bits per heavy atom. The number of rotatable bonds is 4. The minimum absolute atomic E-state index is 0.175. The van der Waals surface area contributed by atoms with E-state index in [-0.39, 0.29) is 18.1 Å². The van der Waals surface area contributed by atoms with Gasteiger partial charge in [-0.05, 0) is 30.5 Å². The molecule has 0 radical (unpaired) electrons. The third-order valence-corrected chi connectivity index (χ3v) is 2.98. The summed E-state index contributed by atoms with van der Waals surface area (Å²) in [6.07, 6.45) is 0.271. The van der Waals surface area contributed by atoms with E-state index in [0.29, 0.717) is 30.3 Å². The molecule has 0 N–H and O–H groups in total. The van der Waals surface area contributed by atoms with Crippen molar-refractivity contribution in [1.82, 2.24) is 0 Å². The zero-order valence-electron chi connectivity index (χ0n) is 11.5. The van der Waals surface area contributed by atoms with Crippen LogP contribution in [0.2, 0.25) is 0 Å². The predicted octanol–water partition coefficient (Wildman–Crippen LogP) is 2.56.